The maximum Gasteiger partial charge on any atom is 0.237 e. The molecule has 1 aromatic carbocycles. The highest BCUT2D eigenvalue weighted by Gasteiger charge is 2.26. The van der Waals surface area contributed by atoms with Crippen molar-refractivity contribution in [2.75, 3.05) is 19.6 Å². The Balaban J connectivity index is 2.05. The highest BCUT2D eigenvalue weighted by molar-refractivity contribution is 6.31. The number of benzene rings is 1. The van der Waals surface area contributed by atoms with Crippen molar-refractivity contribution >= 4 is 23.3 Å². The fourth-order valence-corrected chi connectivity index (χ4v) is 2.17. The van der Waals surface area contributed by atoms with Crippen molar-refractivity contribution in [1.82, 2.24) is 10.2 Å². The van der Waals surface area contributed by atoms with Gasteiger partial charge in [0.1, 0.15) is 0 Å². The Morgan fingerprint density at radius 2 is 2.33 bits per heavy atom. The van der Waals surface area contributed by atoms with Crippen LogP contribution in [0, 0.1) is 0 Å². The largest absolute Gasteiger partial charge is 0.353 e. The number of nitrogens with one attached hydrogen (secondary N) is 1. The summed E-state index contributed by atoms with van der Waals surface area (Å²) in [4.78, 5) is 25.5. The molecule has 1 aromatic rings. The molecular formula is C13H15ClN2O2. The van der Waals surface area contributed by atoms with Crippen LogP contribution in [-0.2, 0) is 4.79 Å². The molecule has 1 heterocycles. The maximum absolute atomic E-state index is 12.1. The predicted molar refractivity (Wildman–Crippen MR) is 69.8 cm³/mol. The molecule has 1 fully saturated rings. The van der Waals surface area contributed by atoms with Crippen LogP contribution in [0.5, 0.6) is 0 Å². The van der Waals surface area contributed by atoms with Crippen molar-refractivity contribution < 1.29 is 9.59 Å². The molecule has 1 atom stereocenters. The van der Waals surface area contributed by atoms with Gasteiger partial charge in [0.2, 0.25) is 5.91 Å². The van der Waals surface area contributed by atoms with Crippen LogP contribution in [0.4, 0.5) is 0 Å². The van der Waals surface area contributed by atoms with E-state index in [1.54, 1.807) is 31.2 Å². The van der Waals surface area contributed by atoms with Gasteiger partial charge in [-0.25, -0.2) is 0 Å². The van der Waals surface area contributed by atoms with Gasteiger partial charge in [-0.3, -0.25) is 14.5 Å². The van der Waals surface area contributed by atoms with E-state index < -0.39 is 0 Å². The number of halogens is 1. The first-order valence-electron chi connectivity index (χ1n) is 5.88. The monoisotopic (exact) mass is 266 g/mol. The topological polar surface area (TPSA) is 49.4 Å². The Bertz CT molecular complexity index is 476. The van der Waals surface area contributed by atoms with E-state index >= 15 is 0 Å². The minimum atomic E-state index is -0.262. The highest BCUT2D eigenvalue weighted by Crippen LogP contribution is 2.13. The number of carbonyl (C=O) groups excluding carboxylic acids is 2. The molecule has 0 aromatic heterocycles. The van der Waals surface area contributed by atoms with Gasteiger partial charge in [-0.15, -0.1) is 0 Å². The Morgan fingerprint density at radius 3 is 3.06 bits per heavy atom. The standard InChI is InChI=1S/C13H15ClN2O2/c1-9-13(18)15-5-6-16(9)8-12(17)10-3-2-4-11(14)7-10/h2-4,7,9H,5-6,8H2,1H3,(H,15,18). The van der Waals surface area contributed by atoms with Crippen LogP contribution in [0.2, 0.25) is 5.02 Å². The number of amides is 1. The predicted octanol–water partition coefficient (Wildman–Crippen LogP) is 1.34. The number of ketones is 1. The summed E-state index contributed by atoms with van der Waals surface area (Å²) in [6, 6.07) is 6.61. The van der Waals surface area contributed by atoms with Gasteiger partial charge in [0, 0.05) is 23.7 Å². The molecule has 4 nitrogen and oxygen atoms in total. The lowest BCUT2D eigenvalue weighted by molar-refractivity contribution is -0.127. The molecule has 0 saturated carbocycles. The zero-order valence-electron chi connectivity index (χ0n) is 10.1. The minimum absolute atomic E-state index is 0.0148. The third-order valence-electron chi connectivity index (χ3n) is 3.12. The van der Waals surface area contributed by atoms with Crippen molar-refractivity contribution in [2.45, 2.75) is 13.0 Å². The van der Waals surface area contributed by atoms with E-state index in [0.717, 1.165) is 0 Å². The highest BCUT2D eigenvalue weighted by atomic mass is 35.5. The third kappa shape index (κ3) is 2.89. The molecule has 1 N–H and O–H groups in total. The zero-order valence-corrected chi connectivity index (χ0v) is 10.9. The first kappa shape index (κ1) is 13.1. The van der Waals surface area contributed by atoms with Crippen molar-refractivity contribution in [3.05, 3.63) is 34.9 Å². The summed E-state index contributed by atoms with van der Waals surface area (Å²) in [6.07, 6.45) is 0. The number of hydrogen-bond donors (Lipinski definition) is 1. The molecule has 1 amide bonds. The molecule has 5 heteroatoms. The Morgan fingerprint density at radius 1 is 1.56 bits per heavy atom. The number of rotatable bonds is 3. The van der Waals surface area contributed by atoms with Gasteiger partial charge in [0.05, 0.1) is 12.6 Å². The number of nitrogens with zero attached hydrogens (tertiary/aromatic N) is 1. The average Bonchev–Trinajstić information content (AvgIpc) is 2.35. The number of piperazine rings is 1. The van der Waals surface area contributed by atoms with Gasteiger partial charge in [0.15, 0.2) is 5.78 Å². The smallest absolute Gasteiger partial charge is 0.237 e. The normalized spacial score (nSPS) is 20.6. The van der Waals surface area contributed by atoms with E-state index in [-0.39, 0.29) is 24.3 Å². The van der Waals surface area contributed by atoms with Crippen LogP contribution >= 0.6 is 11.6 Å². The van der Waals surface area contributed by atoms with Crippen LogP contribution in [0.1, 0.15) is 17.3 Å². The van der Waals surface area contributed by atoms with Gasteiger partial charge in [-0.1, -0.05) is 23.7 Å². The molecule has 2 rings (SSSR count). The SMILES string of the molecule is CC1C(=O)NCCN1CC(=O)c1cccc(Cl)c1. The van der Waals surface area contributed by atoms with Gasteiger partial charge < -0.3 is 5.32 Å². The van der Waals surface area contributed by atoms with E-state index in [1.165, 1.54) is 0 Å². The second-order valence-electron chi connectivity index (χ2n) is 4.37. The van der Waals surface area contributed by atoms with Gasteiger partial charge in [0.25, 0.3) is 0 Å². The van der Waals surface area contributed by atoms with E-state index in [1.807, 2.05) is 4.90 Å². The summed E-state index contributed by atoms with van der Waals surface area (Å²) < 4.78 is 0. The third-order valence-corrected chi connectivity index (χ3v) is 3.35. The van der Waals surface area contributed by atoms with Crippen LogP contribution in [0.25, 0.3) is 0 Å². The van der Waals surface area contributed by atoms with Gasteiger partial charge >= 0.3 is 0 Å². The second-order valence-corrected chi connectivity index (χ2v) is 4.81. The quantitative estimate of drug-likeness (QED) is 0.840. The summed E-state index contributed by atoms with van der Waals surface area (Å²) in [6.45, 7) is 3.33. The van der Waals surface area contributed by atoms with Crippen molar-refractivity contribution in [2.24, 2.45) is 0 Å². The van der Waals surface area contributed by atoms with Crippen LogP contribution in [0.3, 0.4) is 0 Å². The summed E-state index contributed by atoms with van der Waals surface area (Å²) in [5, 5.41) is 3.32. The lowest BCUT2D eigenvalue weighted by Crippen LogP contribution is -2.55. The fourth-order valence-electron chi connectivity index (χ4n) is 1.98. The van der Waals surface area contributed by atoms with Crippen molar-refractivity contribution in [3.63, 3.8) is 0 Å². The molecule has 0 spiro atoms. The molecule has 0 radical (unpaired) electrons. The molecule has 0 aliphatic carbocycles. The van der Waals surface area contributed by atoms with Crippen molar-refractivity contribution in [3.8, 4) is 0 Å². The maximum atomic E-state index is 12.1. The molecule has 0 bridgehead atoms. The van der Waals surface area contributed by atoms with E-state index in [4.69, 9.17) is 11.6 Å². The first-order valence-corrected chi connectivity index (χ1v) is 6.26. The first-order chi connectivity index (χ1) is 8.58. The minimum Gasteiger partial charge on any atom is -0.353 e. The summed E-state index contributed by atoms with van der Waals surface area (Å²) >= 11 is 5.85. The Labute approximate surface area is 111 Å². The fraction of sp³-hybridized carbons (Fsp3) is 0.385. The van der Waals surface area contributed by atoms with Crippen LogP contribution in [-0.4, -0.2) is 42.3 Å². The summed E-state index contributed by atoms with van der Waals surface area (Å²) in [5.74, 6) is -0.0424. The molecular weight excluding hydrogens is 252 g/mol. The van der Waals surface area contributed by atoms with Gasteiger partial charge in [-0.05, 0) is 19.1 Å². The van der Waals surface area contributed by atoms with Crippen molar-refractivity contribution in [1.29, 1.82) is 0 Å². The molecule has 18 heavy (non-hydrogen) atoms. The van der Waals surface area contributed by atoms with Gasteiger partial charge in [-0.2, -0.15) is 0 Å². The van der Waals surface area contributed by atoms with E-state index in [2.05, 4.69) is 5.32 Å². The van der Waals surface area contributed by atoms with Crippen LogP contribution < -0.4 is 5.32 Å². The zero-order chi connectivity index (χ0) is 13.1. The summed E-state index contributed by atoms with van der Waals surface area (Å²) in [7, 11) is 0. The molecule has 1 saturated heterocycles. The molecule has 96 valence electrons. The van der Waals surface area contributed by atoms with E-state index in [9.17, 15) is 9.59 Å². The lowest BCUT2D eigenvalue weighted by Gasteiger charge is -2.32. The number of hydrogen-bond acceptors (Lipinski definition) is 3. The average molecular weight is 267 g/mol. The van der Waals surface area contributed by atoms with Crippen LogP contribution in [0.15, 0.2) is 24.3 Å². The number of carbonyl (C=O) groups is 2. The summed E-state index contributed by atoms with van der Waals surface area (Å²) in [5.41, 5.74) is 0.584. The van der Waals surface area contributed by atoms with E-state index in [0.29, 0.717) is 23.7 Å². The molecule has 1 aliphatic heterocycles. The number of Topliss-reactive ketones (excluding diaryl/α,β-unsaturated/α-hetero) is 1. The Hall–Kier alpha value is -1.39. The Kier molecular flexibility index (Phi) is 3.99. The molecule has 1 aliphatic rings. The lowest BCUT2D eigenvalue weighted by atomic mass is 10.1. The second kappa shape index (κ2) is 5.50. The molecule has 1 unspecified atom stereocenters.